The molecule has 4 unspecified atom stereocenters. The highest BCUT2D eigenvalue weighted by Gasteiger charge is 2.34. The van der Waals surface area contributed by atoms with Gasteiger partial charge in [0, 0.05) is 24.8 Å². The molecular formula is C25H40O6P2. The molecule has 4 atom stereocenters. The van der Waals surface area contributed by atoms with Crippen LogP contribution in [0.5, 0.6) is 11.5 Å². The predicted octanol–water partition coefficient (Wildman–Crippen LogP) is 8.13. The first kappa shape index (κ1) is 27.9. The molecule has 0 aromatic heterocycles. The lowest BCUT2D eigenvalue weighted by Gasteiger charge is -2.33. The van der Waals surface area contributed by atoms with Crippen LogP contribution in [-0.4, -0.2) is 26.5 Å². The fourth-order valence-corrected chi connectivity index (χ4v) is 6.41. The highest BCUT2D eigenvalue weighted by Crippen LogP contribution is 2.55. The molecule has 8 heteroatoms. The molecule has 1 aromatic rings. The van der Waals surface area contributed by atoms with Crippen molar-refractivity contribution in [2.75, 3.05) is 26.5 Å². The fraction of sp³-hybridized carbons (Fsp3) is 0.600. The van der Waals surface area contributed by atoms with Gasteiger partial charge in [0.15, 0.2) is 0 Å². The van der Waals surface area contributed by atoms with Crippen molar-refractivity contribution in [1.29, 1.82) is 0 Å². The van der Waals surface area contributed by atoms with Gasteiger partial charge in [0.2, 0.25) is 0 Å². The molecule has 6 nitrogen and oxygen atoms in total. The van der Waals surface area contributed by atoms with Crippen molar-refractivity contribution in [2.24, 2.45) is 5.92 Å². The monoisotopic (exact) mass is 498 g/mol. The molecule has 186 valence electrons. The zero-order chi connectivity index (χ0) is 24.8. The van der Waals surface area contributed by atoms with E-state index < -0.39 is 15.2 Å². The van der Waals surface area contributed by atoms with E-state index in [2.05, 4.69) is 26.5 Å². The average molecular weight is 499 g/mol. The molecular weight excluding hydrogens is 458 g/mol. The maximum absolute atomic E-state index is 13.1. The molecule has 1 aromatic carbocycles. The highest BCUT2D eigenvalue weighted by atomic mass is 31.2. The zero-order valence-electron chi connectivity index (χ0n) is 21.2. The van der Waals surface area contributed by atoms with Gasteiger partial charge in [0.05, 0.1) is 13.2 Å². The summed E-state index contributed by atoms with van der Waals surface area (Å²) in [7, 11) is -6.75. The normalized spacial score (nSPS) is 22.1. The Bertz CT molecular complexity index is 919. The largest absolute Gasteiger partial charge is 0.424 e. The molecule has 0 N–H and O–H groups in total. The molecule has 1 aliphatic carbocycles. The molecule has 0 radical (unpaired) electrons. The highest BCUT2D eigenvalue weighted by molar-refractivity contribution is 7.53. The van der Waals surface area contributed by atoms with Crippen molar-refractivity contribution < 1.29 is 27.2 Å². The Hall–Kier alpha value is -1.32. The fourth-order valence-electron chi connectivity index (χ4n) is 4.35. The van der Waals surface area contributed by atoms with E-state index in [1.165, 1.54) is 18.9 Å². The van der Waals surface area contributed by atoms with Gasteiger partial charge in [-0.15, -0.1) is 0 Å². The molecule has 0 fully saturated rings. The topological polar surface area (TPSA) is 71.1 Å². The summed E-state index contributed by atoms with van der Waals surface area (Å²) in [4.78, 5) is 0. The molecule has 0 bridgehead atoms. The summed E-state index contributed by atoms with van der Waals surface area (Å²) in [5.74, 6) is 0.894. The van der Waals surface area contributed by atoms with Crippen molar-refractivity contribution in [3.05, 3.63) is 47.1 Å². The van der Waals surface area contributed by atoms with Crippen molar-refractivity contribution in [1.82, 2.24) is 0 Å². The number of benzene rings is 1. The molecule has 0 heterocycles. The molecule has 0 aliphatic heterocycles. The van der Waals surface area contributed by atoms with E-state index in [4.69, 9.17) is 18.1 Å². The molecule has 33 heavy (non-hydrogen) atoms. The first-order valence-electron chi connectivity index (χ1n) is 11.8. The Kier molecular flexibility index (Phi) is 10.1. The Morgan fingerprint density at radius 2 is 1.55 bits per heavy atom. The quantitative estimate of drug-likeness (QED) is 0.214. The molecule has 0 saturated carbocycles. The van der Waals surface area contributed by atoms with Crippen LogP contribution in [0.2, 0.25) is 0 Å². The predicted molar refractivity (Wildman–Crippen MR) is 136 cm³/mol. The second-order valence-corrected chi connectivity index (χ2v) is 12.8. The van der Waals surface area contributed by atoms with Crippen molar-refractivity contribution in [2.45, 2.75) is 66.2 Å². The third-order valence-corrected chi connectivity index (χ3v) is 8.18. The van der Waals surface area contributed by atoms with Crippen LogP contribution < -0.4 is 9.05 Å². The van der Waals surface area contributed by atoms with Crippen molar-refractivity contribution >= 4 is 15.2 Å². The molecule has 1 aliphatic rings. The van der Waals surface area contributed by atoms with Crippen LogP contribution in [0.3, 0.4) is 0 Å². The minimum atomic E-state index is -3.37. The number of aryl methyl sites for hydroxylation is 1. The summed E-state index contributed by atoms with van der Waals surface area (Å²) >= 11 is 0. The Morgan fingerprint density at radius 1 is 1.03 bits per heavy atom. The lowest BCUT2D eigenvalue weighted by molar-refractivity contribution is 0.279. The zero-order valence-corrected chi connectivity index (χ0v) is 23.0. The lowest BCUT2D eigenvalue weighted by Crippen LogP contribution is -2.19. The maximum atomic E-state index is 13.1. The van der Waals surface area contributed by atoms with Crippen LogP contribution in [0.1, 0.15) is 70.9 Å². The van der Waals surface area contributed by atoms with Gasteiger partial charge in [-0.2, -0.15) is 0 Å². The van der Waals surface area contributed by atoms with Crippen LogP contribution >= 0.6 is 15.2 Å². The van der Waals surface area contributed by atoms with E-state index in [1.54, 1.807) is 13.8 Å². The molecule has 0 amide bonds. The Morgan fingerprint density at radius 3 is 1.97 bits per heavy atom. The van der Waals surface area contributed by atoms with E-state index in [0.29, 0.717) is 17.1 Å². The van der Waals surface area contributed by atoms with Gasteiger partial charge in [-0.05, 0) is 70.6 Å². The van der Waals surface area contributed by atoms with Crippen molar-refractivity contribution in [3.8, 4) is 11.5 Å². The second-order valence-electron chi connectivity index (χ2n) is 8.85. The van der Waals surface area contributed by atoms with Crippen LogP contribution in [0.15, 0.2) is 35.9 Å². The minimum absolute atomic E-state index is 0.125. The van der Waals surface area contributed by atoms with E-state index in [0.717, 1.165) is 36.8 Å². The number of hydrogen-bond donors (Lipinski definition) is 0. The van der Waals surface area contributed by atoms with E-state index in [9.17, 15) is 9.13 Å². The third-order valence-electron chi connectivity index (χ3n) is 5.67. The van der Waals surface area contributed by atoms with Crippen LogP contribution in [0, 0.1) is 5.92 Å². The summed E-state index contributed by atoms with van der Waals surface area (Å²) in [6.45, 7) is 17.5. The lowest BCUT2D eigenvalue weighted by atomic mass is 9.73. The summed E-state index contributed by atoms with van der Waals surface area (Å²) in [6, 6.07) is 3.82. The maximum Gasteiger partial charge on any atom is 0.376 e. The standard InChI is InChI=1S/C25H40O6P2/c1-9-12-20-16-23(30-32(7,26)28-10-2)25(24(17-20)31-33(8,27)29-11-3)22-15-19(6)13-14-21(22)18(4)5/h15-17,21-22H,4,9-14H2,1-3,5-8H3. The molecule has 0 saturated heterocycles. The van der Waals surface area contributed by atoms with Gasteiger partial charge in [-0.25, -0.2) is 9.13 Å². The van der Waals surface area contributed by atoms with Gasteiger partial charge in [0.25, 0.3) is 0 Å². The molecule has 2 rings (SSSR count). The SMILES string of the molecule is C=C(C)C1CCC(C)=CC1c1c(OP(C)(=O)OCC)cc(CCC)cc1OP(C)(=O)OCC. The minimum Gasteiger partial charge on any atom is -0.424 e. The van der Waals surface area contributed by atoms with Crippen LogP contribution in [-0.2, 0) is 24.6 Å². The van der Waals surface area contributed by atoms with Gasteiger partial charge < -0.3 is 18.1 Å². The smallest absolute Gasteiger partial charge is 0.376 e. The number of hydrogen-bond acceptors (Lipinski definition) is 6. The van der Waals surface area contributed by atoms with E-state index >= 15 is 0 Å². The Balaban J connectivity index is 2.79. The van der Waals surface area contributed by atoms with Crippen LogP contribution in [0.25, 0.3) is 0 Å². The second kappa shape index (κ2) is 11.9. The average Bonchev–Trinajstić information content (AvgIpc) is 2.67. The van der Waals surface area contributed by atoms with E-state index in [-0.39, 0.29) is 25.0 Å². The number of allylic oxidation sites excluding steroid dienone is 3. The summed E-state index contributed by atoms with van der Waals surface area (Å²) in [5, 5.41) is 0. The first-order chi connectivity index (χ1) is 15.4. The van der Waals surface area contributed by atoms with E-state index in [1.807, 2.05) is 19.1 Å². The van der Waals surface area contributed by atoms with Gasteiger partial charge in [-0.3, -0.25) is 0 Å². The van der Waals surface area contributed by atoms with Gasteiger partial charge in [-0.1, -0.05) is 37.1 Å². The number of rotatable bonds is 12. The Labute approximate surface area is 199 Å². The molecule has 0 spiro atoms. The van der Waals surface area contributed by atoms with Crippen LogP contribution in [0.4, 0.5) is 0 Å². The van der Waals surface area contributed by atoms with Gasteiger partial charge in [0.1, 0.15) is 11.5 Å². The summed E-state index contributed by atoms with van der Waals surface area (Å²) in [6.07, 6.45) is 5.77. The van der Waals surface area contributed by atoms with Crippen molar-refractivity contribution in [3.63, 3.8) is 0 Å². The third kappa shape index (κ3) is 7.86. The summed E-state index contributed by atoms with van der Waals surface area (Å²) < 4.78 is 49.1. The van der Waals surface area contributed by atoms with Gasteiger partial charge >= 0.3 is 15.2 Å². The first-order valence-corrected chi connectivity index (χ1v) is 15.7. The summed E-state index contributed by atoms with van der Waals surface area (Å²) in [5.41, 5.74) is 3.96.